The van der Waals surface area contributed by atoms with Gasteiger partial charge < -0.3 is 10.6 Å². The van der Waals surface area contributed by atoms with Crippen LogP contribution in [0.4, 0.5) is 27.9 Å². The Kier molecular flexibility index (Phi) is 3.85. The predicted molar refractivity (Wildman–Crippen MR) is 64.9 cm³/mol. The van der Waals surface area contributed by atoms with E-state index in [4.69, 9.17) is 5.73 Å². The van der Waals surface area contributed by atoms with Crippen molar-refractivity contribution in [2.75, 3.05) is 24.5 Å². The van der Waals surface area contributed by atoms with Crippen molar-refractivity contribution in [3.8, 4) is 0 Å². The van der Waals surface area contributed by atoms with Crippen LogP contribution in [-0.4, -0.2) is 41.0 Å². The maximum Gasteiger partial charge on any atom is 0.461 e. The molecule has 0 radical (unpaired) electrons. The molecule has 1 aliphatic rings. The zero-order valence-corrected chi connectivity index (χ0v) is 11.3. The number of piperidine rings is 1. The number of rotatable bonds is 3. The van der Waals surface area contributed by atoms with Crippen LogP contribution in [0.2, 0.25) is 0 Å². The van der Waals surface area contributed by atoms with Gasteiger partial charge in [0, 0.05) is 13.1 Å². The van der Waals surface area contributed by atoms with Crippen LogP contribution in [-0.2, 0) is 5.92 Å². The van der Waals surface area contributed by atoms with Gasteiger partial charge >= 0.3 is 12.1 Å². The van der Waals surface area contributed by atoms with Gasteiger partial charge in [0.1, 0.15) is 0 Å². The van der Waals surface area contributed by atoms with Crippen LogP contribution in [0.25, 0.3) is 0 Å². The molecule has 120 valence electrons. The molecule has 0 aromatic carbocycles. The molecule has 2 heterocycles. The lowest BCUT2D eigenvalue weighted by Gasteiger charge is -2.38. The Morgan fingerprint density at radius 3 is 2.29 bits per heavy atom. The average Bonchev–Trinajstić information content (AvgIpc) is 2.88. The first kappa shape index (κ1) is 15.9. The lowest BCUT2D eigenvalue weighted by molar-refractivity contribution is -0.292. The topological polar surface area (TPSA) is 70.8 Å². The van der Waals surface area contributed by atoms with Gasteiger partial charge in [0.15, 0.2) is 0 Å². The van der Waals surface area contributed by atoms with Crippen molar-refractivity contribution >= 4 is 5.95 Å². The number of halogens is 5. The Morgan fingerprint density at radius 2 is 1.81 bits per heavy atom. The van der Waals surface area contributed by atoms with Gasteiger partial charge in [-0.1, -0.05) is 6.92 Å². The monoisotopic (exact) mass is 313 g/mol. The van der Waals surface area contributed by atoms with Crippen molar-refractivity contribution < 1.29 is 22.0 Å². The number of hydrogen-bond donors (Lipinski definition) is 2. The van der Waals surface area contributed by atoms with E-state index in [1.165, 1.54) is 0 Å². The molecule has 0 aliphatic carbocycles. The third-order valence-corrected chi connectivity index (χ3v) is 3.87. The summed E-state index contributed by atoms with van der Waals surface area (Å²) in [5.74, 6) is -6.68. The summed E-state index contributed by atoms with van der Waals surface area (Å²) < 4.78 is 63.0. The first-order chi connectivity index (χ1) is 9.59. The molecule has 5 nitrogen and oxygen atoms in total. The van der Waals surface area contributed by atoms with Crippen molar-refractivity contribution in [1.29, 1.82) is 0 Å². The summed E-state index contributed by atoms with van der Waals surface area (Å²) in [5.41, 5.74) is 5.60. The zero-order valence-electron chi connectivity index (χ0n) is 11.3. The normalized spacial score (nSPS) is 19.9. The van der Waals surface area contributed by atoms with Gasteiger partial charge in [-0.05, 0) is 24.8 Å². The van der Waals surface area contributed by atoms with E-state index < -0.39 is 17.9 Å². The minimum atomic E-state index is -5.70. The number of aromatic amines is 1. The molecular formula is C11H16F5N5. The Bertz CT molecular complexity index is 489. The largest absolute Gasteiger partial charge is 0.461 e. The van der Waals surface area contributed by atoms with Crippen LogP contribution in [0.3, 0.4) is 0 Å². The molecule has 0 unspecified atom stereocenters. The van der Waals surface area contributed by atoms with Gasteiger partial charge in [-0.25, -0.2) is 0 Å². The van der Waals surface area contributed by atoms with E-state index >= 15 is 0 Å². The molecule has 0 spiro atoms. The number of anilines is 1. The standard InChI is InChI=1S/C11H16F5N5/c1-9(6-17)2-4-21(5-3-9)8-18-7(19-20-8)10(12,13)11(14,15)16/h2-6,17H2,1H3,(H,18,19,20). The van der Waals surface area contributed by atoms with E-state index in [-0.39, 0.29) is 11.4 Å². The summed E-state index contributed by atoms with van der Waals surface area (Å²) in [5, 5.41) is 5.16. The number of nitrogens with two attached hydrogens (primary N) is 1. The molecule has 0 saturated carbocycles. The molecular weight excluding hydrogens is 297 g/mol. The third kappa shape index (κ3) is 2.94. The lowest BCUT2D eigenvalue weighted by atomic mass is 9.81. The van der Waals surface area contributed by atoms with E-state index in [9.17, 15) is 22.0 Å². The Labute approximate surface area is 117 Å². The second-order valence-corrected chi connectivity index (χ2v) is 5.56. The van der Waals surface area contributed by atoms with Gasteiger partial charge in [0.2, 0.25) is 11.8 Å². The zero-order chi connectivity index (χ0) is 15.9. The minimum absolute atomic E-state index is 0.0501. The Balaban J connectivity index is 2.12. The fourth-order valence-electron chi connectivity index (χ4n) is 2.12. The highest BCUT2D eigenvalue weighted by molar-refractivity contribution is 5.30. The van der Waals surface area contributed by atoms with Gasteiger partial charge in [-0.15, -0.1) is 5.10 Å². The summed E-state index contributed by atoms with van der Waals surface area (Å²) in [6, 6.07) is 0. The van der Waals surface area contributed by atoms with Crippen LogP contribution in [0, 0.1) is 5.41 Å². The molecule has 3 N–H and O–H groups in total. The fourth-order valence-corrected chi connectivity index (χ4v) is 2.12. The fraction of sp³-hybridized carbons (Fsp3) is 0.818. The van der Waals surface area contributed by atoms with E-state index in [0.29, 0.717) is 32.5 Å². The van der Waals surface area contributed by atoms with Crippen molar-refractivity contribution in [3.05, 3.63) is 5.82 Å². The quantitative estimate of drug-likeness (QED) is 0.838. The molecule has 1 fully saturated rings. The molecule has 1 aromatic heterocycles. The number of alkyl halides is 5. The molecule has 2 rings (SSSR count). The maximum absolute atomic E-state index is 13.1. The van der Waals surface area contributed by atoms with E-state index in [1.807, 2.05) is 6.92 Å². The highest BCUT2D eigenvalue weighted by Crippen LogP contribution is 2.42. The molecule has 0 amide bonds. The van der Waals surface area contributed by atoms with Crippen LogP contribution in [0.1, 0.15) is 25.6 Å². The highest BCUT2D eigenvalue weighted by Gasteiger charge is 2.61. The number of aromatic nitrogens is 3. The first-order valence-electron chi connectivity index (χ1n) is 6.41. The van der Waals surface area contributed by atoms with Gasteiger partial charge in [-0.3, -0.25) is 5.10 Å². The third-order valence-electron chi connectivity index (χ3n) is 3.87. The molecule has 21 heavy (non-hydrogen) atoms. The van der Waals surface area contributed by atoms with Crippen molar-refractivity contribution in [2.45, 2.75) is 31.9 Å². The predicted octanol–water partition coefficient (Wildman–Crippen LogP) is 2.02. The highest BCUT2D eigenvalue weighted by atomic mass is 19.4. The summed E-state index contributed by atoms with van der Waals surface area (Å²) in [6.07, 6.45) is -4.31. The van der Waals surface area contributed by atoms with E-state index in [1.54, 1.807) is 10.00 Å². The van der Waals surface area contributed by atoms with Gasteiger partial charge in [0.05, 0.1) is 0 Å². The van der Waals surface area contributed by atoms with Crippen molar-refractivity contribution in [3.63, 3.8) is 0 Å². The summed E-state index contributed by atoms with van der Waals surface area (Å²) >= 11 is 0. The molecule has 0 bridgehead atoms. The van der Waals surface area contributed by atoms with Gasteiger partial charge in [0.25, 0.3) is 0 Å². The van der Waals surface area contributed by atoms with Crippen LogP contribution >= 0.6 is 0 Å². The van der Waals surface area contributed by atoms with Crippen molar-refractivity contribution in [1.82, 2.24) is 15.2 Å². The maximum atomic E-state index is 13.1. The summed E-state index contributed by atoms with van der Waals surface area (Å²) in [4.78, 5) is 4.88. The smallest absolute Gasteiger partial charge is 0.340 e. The number of nitrogens with zero attached hydrogens (tertiary/aromatic N) is 3. The summed E-state index contributed by atoms with van der Waals surface area (Å²) in [7, 11) is 0. The lowest BCUT2D eigenvalue weighted by Crippen LogP contribution is -2.42. The summed E-state index contributed by atoms with van der Waals surface area (Å²) in [6.45, 7) is 3.42. The van der Waals surface area contributed by atoms with Gasteiger partial charge in [-0.2, -0.15) is 26.9 Å². The van der Waals surface area contributed by atoms with E-state index in [2.05, 4.69) is 10.1 Å². The Hall–Kier alpha value is -1.45. The number of nitrogens with one attached hydrogen (secondary N) is 1. The van der Waals surface area contributed by atoms with Crippen molar-refractivity contribution in [2.24, 2.45) is 11.1 Å². The molecule has 10 heteroatoms. The van der Waals surface area contributed by atoms with Crippen LogP contribution < -0.4 is 10.6 Å². The number of hydrogen-bond acceptors (Lipinski definition) is 4. The van der Waals surface area contributed by atoms with Crippen LogP contribution in [0.5, 0.6) is 0 Å². The average molecular weight is 313 g/mol. The molecule has 1 saturated heterocycles. The second-order valence-electron chi connectivity index (χ2n) is 5.56. The molecule has 1 aliphatic heterocycles. The first-order valence-corrected chi connectivity index (χ1v) is 6.41. The minimum Gasteiger partial charge on any atom is -0.340 e. The SMILES string of the molecule is CC1(CN)CCN(c2n[nH]c(C(F)(F)C(F)(F)F)n2)CC1. The van der Waals surface area contributed by atoms with Crippen LogP contribution in [0.15, 0.2) is 0 Å². The molecule has 1 aromatic rings. The Morgan fingerprint density at radius 1 is 1.24 bits per heavy atom. The van der Waals surface area contributed by atoms with E-state index in [0.717, 1.165) is 0 Å². The second kappa shape index (κ2) is 5.08. The number of H-pyrrole nitrogens is 1. The molecule has 0 atom stereocenters.